The minimum Gasteiger partial charge on any atom is -0.375 e. The summed E-state index contributed by atoms with van der Waals surface area (Å²) in [6.45, 7) is 2.85. The summed E-state index contributed by atoms with van der Waals surface area (Å²) in [5, 5.41) is 13.5. The zero-order valence-electron chi connectivity index (χ0n) is 19.9. The lowest BCUT2D eigenvalue weighted by atomic mass is 9.79. The topological polar surface area (TPSA) is 114 Å². The number of ether oxygens (including phenoxy) is 1. The number of hydrogen-bond donors (Lipinski definition) is 1. The second kappa shape index (κ2) is 8.77. The summed E-state index contributed by atoms with van der Waals surface area (Å²) in [7, 11) is 0. The molecular formula is C28H24N6O2. The van der Waals surface area contributed by atoms with Crippen LogP contribution in [0, 0.1) is 11.3 Å². The van der Waals surface area contributed by atoms with Crippen LogP contribution in [0.1, 0.15) is 58.6 Å². The highest BCUT2D eigenvalue weighted by molar-refractivity contribution is 5.94. The van der Waals surface area contributed by atoms with Gasteiger partial charge < -0.3 is 10.1 Å². The molecule has 6 rings (SSSR count). The van der Waals surface area contributed by atoms with Crippen molar-refractivity contribution in [2.24, 2.45) is 0 Å². The normalized spacial score (nSPS) is 18.9. The number of nitrogens with zero attached hydrogens (tertiary/aromatic N) is 5. The molecule has 4 aromatic rings. The average molecular weight is 477 g/mol. The summed E-state index contributed by atoms with van der Waals surface area (Å²) in [6.07, 6.45) is 7.68. The Balaban J connectivity index is 1.21. The number of carbonyl (C=O) groups is 1. The Labute approximate surface area is 208 Å². The lowest BCUT2D eigenvalue weighted by Gasteiger charge is -2.30. The number of nitrogens with one attached hydrogen (secondary N) is 1. The summed E-state index contributed by atoms with van der Waals surface area (Å²) >= 11 is 0. The van der Waals surface area contributed by atoms with Gasteiger partial charge in [-0.15, -0.1) is 0 Å². The Morgan fingerprint density at radius 2 is 2.03 bits per heavy atom. The molecule has 0 radical (unpaired) electrons. The van der Waals surface area contributed by atoms with E-state index in [1.165, 1.54) is 12.8 Å². The number of nitriles is 1. The zero-order valence-corrected chi connectivity index (χ0v) is 19.9. The number of fused-ring (bicyclic) bond motifs is 2. The van der Waals surface area contributed by atoms with Gasteiger partial charge in [0.15, 0.2) is 0 Å². The molecular weight excluding hydrogens is 452 g/mol. The van der Waals surface area contributed by atoms with Crippen molar-refractivity contribution in [3.8, 4) is 17.5 Å². The summed E-state index contributed by atoms with van der Waals surface area (Å²) in [6, 6.07) is 13.5. The molecule has 1 saturated carbocycles. The first-order valence-corrected chi connectivity index (χ1v) is 12.0. The number of amides is 1. The molecule has 8 nitrogen and oxygen atoms in total. The predicted octanol–water partition coefficient (Wildman–Crippen LogP) is 4.21. The van der Waals surface area contributed by atoms with Crippen LogP contribution in [0.5, 0.6) is 0 Å². The molecule has 1 aliphatic heterocycles. The van der Waals surface area contributed by atoms with Gasteiger partial charge in [0.25, 0.3) is 5.91 Å². The third kappa shape index (κ3) is 4.18. The van der Waals surface area contributed by atoms with E-state index in [0.717, 1.165) is 39.1 Å². The maximum atomic E-state index is 12.9. The minimum atomic E-state index is -0.768. The van der Waals surface area contributed by atoms with E-state index in [1.807, 2.05) is 37.4 Å². The monoisotopic (exact) mass is 476 g/mol. The van der Waals surface area contributed by atoms with E-state index in [-0.39, 0.29) is 12.5 Å². The van der Waals surface area contributed by atoms with Crippen molar-refractivity contribution in [2.45, 2.75) is 44.2 Å². The Morgan fingerprint density at radius 3 is 2.86 bits per heavy atom. The van der Waals surface area contributed by atoms with Crippen LogP contribution in [0.2, 0.25) is 0 Å². The van der Waals surface area contributed by atoms with Gasteiger partial charge in [-0.3, -0.25) is 14.8 Å². The molecule has 1 aromatic carbocycles. The average Bonchev–Trinajstić information content (AvgIpc) is 3.77. The summed E-state index contributed by atoms with van der Waals surface area (Å²) in [4.78, 5) is 31.3. The first-order valence-electron chi connectivity index (χ1n) is 12.0. The number of aromatic nitrogens is 4. The maximum Gasteiger partial charge on any atom is 0.251 e. The molecule has 2 aliphatic rings. The van der Waals surface area contributed by atoms with Gasteiger partial charge in [0.2, 0.25) is 0 Å². The van der Waals surface area contributed by atoms with Crippen molar-refractivity contribution in [3.05, 3.63) is 83.1 Å². The van der Waals surface area contributed by atoms with Crippen LogP contribution in [0.25, 0.3) is 22.3 Å². The Hall–Kier alpha value is -4.22. The highest BCUT2D eigenvalue weighted by Gasteiger charge is 2.33. The van der Waals surface area contributed by atoms with Crippen molar-refractivity contribution in [1.82, 2.24) is 25.3 Å². The molecule has 1 N–H and O–H groups in total. The molecule has 4 heterocycles. The highest BCUT2D eigenvalue weighted by atomic mass is 16.5. The second-order valence-electron chi connectivity index (χ2n) is 9.66. The molecule has 1 aliphatic carbocycles. The SMILES string of the molecule is C[C@@]1(C#N)COCc2ccc(C(=O)NCc3cc4nc(-c5cncc(C6CC6)n5)ccc4cn3)cc21. The van der Waals surface area contributed by atoms with E-state index in [4.69, 9.17) is 14.7 Å². The Morgan fingerprint density at radius 1 is 1.14 bits per heavy atom. The van der Waals surface area contributed by atoms with Gasteiger partial charge in [0.05, 0.1) is 54.6 Å². The number of pyridine rings is 2. The molecule has 0 unspecified atom stereocenters. The molecule has 0 saturated heterocycles. The fourth-order valence-corrected chi connectivity index (χ4v) is 4.54. The van der Waals surface area contributed by atoms with Crippen molar-refractivity contribution in [3.63, 3.8) is 0 Å². The first-order chi connectivity index (χ1) is 17.5. The molecule has 1 atom stereocenters. The quantitative estimate of drug-likeness (QED) is 0.459. The van der Waals surface area contributed by atoms with Crippen molar-refractivity contribution in [2.75, 3.05) is 6.61 Å². The molecule has 8 heteroatoms. The fourth-order valence-electron chi connectivity index (χ4n) is 4.54. The molecule has 1 fully saturated rings. The van der Waals surface area contributed by atoms with E-state index >= 15 is 0 Å². The fraction of sp³-hybridized carbons (Fsp3) is 0.286. The number of benzene rings is 1. The van der Waals surface area contributed by atoms with Crippen LogP contribution < -0.4 is 5.32 Å². The van der Waals surface area contributed by atoms with E-state index in [2.05, 4.69) is 21.4 Å². The van der Waals surface area contributed by atoms with Crippen molar-refractivity contribution in [1.29, 1.82) is 5.26 Å². The lowest BCUT2D eigenvalue weighted by Crippen LogP contribution is -2.33. The van der Waals surface area contributed by atoms with E-state index in [0.29, 0.717) is 30.4 Å². The number of rotatable bonds is 5. The smallest absolute Gasteiger partial charge is 0.251 e. The van der Waals surface area contributed by atoms with Crippen molar-refractivity contribution < 1.29 is 9.53 Å². The largest absolute Gasteiger partial charge is 0.375 e. The van der Waals surface area contributed by atoms with Crippen LogP contribution in [0.4, 0.5) is 0 Å². The van der Waals surface area contributed by atoms with E-state index in [1.54, 1.807) is 24.5 Å². The third-order valence-electron chi connectivity index (χ3n) is 6.83. The van der Waals surface area contributed by atoms with E-state index < -0.39 is 5.41 Å². The van der Waals surface area contributed by atoms with Gasteiger partial charge in [-0.2, -0.15) is 5.26 Å². The lowest BCUT2D eigenvalue weighted by molar-refractivity contribution is 0.0757. The maximum absolute atomic E-state index is 12.9. The number of hydrogen-bond acceptors (Lipinski definition) is 7. The van der Waals surface area contributed by atoms with Crippen LogP contribution in [0.15, 0.2) is 55.0 Å². The Kier molecular flexibility index (Phi) is 5.42. The standard InChI is InChI=1S/C28H24N6O2/c1-28(15-29)16-36-14-20-5-4-18(8-22(20)28)27(35)32-11-21-9-24-19(10-31-21)6-7-23(33-24)26-13-30-12-25(34-26)17-2-3-17/h4-10,12-13,17H,2-3,11,14,16H2,1H3,(H,32,35)/t28-/m1/s1. The molecule has 0 spiro atoms. The van der Waals surface area contributed by atoms with Gasteiger partial charge in [0.1, 0.15) is 11.1 Å². The third-order valence-corrected chi connectivity index (χ3v) is 6.83. The molecule has 3 aromatic heterocycles. The zero-order chi connectivity index (χ0) is 24.7. The van der Waals surface area contributed by atoms with E-state index in [9.17, 15) is 10.1 Å². The van der Waals surface area contributed by atoms with Crippen LogP contribution in [0.3, 0.4) is 0 Å². The van der Waals surface area contributed by atoms with Crippen LogP contribution in [-0.4, -0.2) is 32.4 Å². The van der Waals surface area contributed by atoms with Crippen LogP contribution >= 0.6 is 0 Å². The molecule has 178 valence electrons. The van der Waals surface area contributed by atoms with Gasteiger partial charge in [0, 0.05) is 29.3 Å². The first kappa shape index (κ1) is 22.3. The minimum absolute atomic E-state index is 0.222. The summed E-state index contributed by atoms with van der Waals surface area (Å²) in [5.41, 5.74) is 5.55. The molecule has 0 bridgehead atoms. The van der Waals surface area contributed by atoms with Gasteiger partial charge in [-0.05, 0) is 61.2 Å². The molecule has 1 amide bonds. The Bertz CT molecular complexity index is 1540. The second-order valence-corrected chi connectivity index (χ2v) is 9.66. The van der Waals surface area contributed by atoms with Gasteiger partial charge >= 0.3 is 0 Å². The van der Waals surface area contributed by atoms with Crippen LogP contribution in [-0.2, 0) is 23.3 Å². The van der Waals surface area contributed by atoms with Gasteiger partial charge in [-0.25, -0.2) is 9.97 Å². The summed E-state index contributed by atoms with van der Waals surface area (Å²) in [5.74, 6) is 0.301. The van der Waals surface area contributed by atoms with Crippen molar-refractivity contribution >= 4 is 16.8 Å². The predicted molar refractivity (Wildman–Crippen MR) is 133 cm³/mol. The number of carbonyl (C=O) groups excluding carboxylic acids is 1. The highest BCUT2D eigenvalue weighted by Crippen LogP contribution is 2.39. The molecule has 36 heavy (non-hydrogen) atoms. The summed E-state index contributed by atoms with van der Waals surface area (Å²) < 4.78 is 5.55. The van der Waals surface area contributed by atoms with Gasteiger partial charge in [-0.1, -0.05) is 6.07 Å².